The Labute approximate surface area is 205 Å². The van der Waals surface area contributed by atoms with Crippen molar-refractivity contribution >= 4 is 10.6 Å². The summed E-state index contributed by atoms with van der Waals surface area (Å²) in [7, 11) is -1.88. The zero-order valence-electron chi connectivity index (χ0n) is 23.6. The molecule has 32 heavy (non-hydrogen) atoms. The van der Waals surface area contributed by atoms with Gasteiger partial charge in [-0.15, -0.1) is 0 Å². The van der Waals surface area contributed by atoms with Gasteiger partial charge in [-0.2, -0.15) is 10.6 Å². The molecule has 0 aromatic heterocycles. The molecular formula is C29H62O2S. The Balaban J connectivity index is 3.64. The van der Waals surface area contributed by atoms with Crippen LogP contribution in [0.15, 0.2) is 0 Å². The van der Waals surface area contributed by atoms with Crippen LogP contribution in [0.1, 0.15) is 146 Å². The summed E-state index contributed by atoms with van der Waals surface area (Å²) in [4.78, 5) is 0. The molecule has 0 aliphatic carbocycles. The van der Waals surface area contributed by atoms with Crippen LogP contribution in [0.25, 0.3) is 0 Å². The van der Waals surface area contributed by atoms with Crippen molar-refractivity contribution in [2.45, 2.75) is 157 Å². The van der Waals surface area contributed by atoms with Crippen LogP contribution in [0.5, 0.6) is 0 Å². The van der Waals surface area contributed by atoms with Crippen LogP contribution in [0, 0.1) is 23.7 Å². The third kappa shape index (κ3) is 15.2. The molecule has 0 saturated carbocycles. The Hall–Kier alpha value is 0.270. The third-order valence-electron chi connectivity index (χ3n) is 7.73. The molecule has 0 saturated heterocycles. The summed E-state index contributed by atoms with van der Waals surface area (Å²) in [5, 5.41) is 0.222. The van der Waals surface area contributed by atoms with E-state index in [1.54, 1.807) is 0 Å². The van der Waals surface area contributed by atoms with E-state index in [9.17, 15) is 4.55 Å². The molecule has 0 aromatic carbocycles. The van der Waals surface area contributed by atoms with Gasteiger partial charge in [0.15, 0.2) is 0 Å². The molecule has 6 atom stereocenters. The van der Waals surface area contributed by atoms with Crippen LogP contribution in [-0.4, -0.2) is 21.7 Å². The zero-order chi connectivity index (χ0) is 24.6. The van der Waals surface area contributed by atoms with E-state index in [-0.39, 0.29) is 11.4 Å². The molecule has 0 spiro atoms. The van der Waals surface area contributed by atoms with Crippen LogP contribution in [0.4, 0.5) is 0 Å². The van der Waals surface area contributed by atoms with Crippen molar-refractivity contribution in [3.63, 3.8) is 0 Å². The monoisotopic (exact) mass is 474 g/mol. The number of rotatable bonds is 21. The lowest BCUT2D eigenvalue weighted by Crippen LogP contribution is -2.21. The minimum Gasteiger partial charge on any atom is -0.299 e. The predicted molar refractivity (Wildman–Crippen MR) is 149 cm³/mol. The topological polar surface area (TPSA) is 29.5 Å². The summed E-state index contributed by atoms with van der Waals surface area (Å²) >= 11 is 0. The SMILES string of the molecule is CCC(C)C(C)CC(C)CC(C)CCCCCCCCCCC(C)OS(O)(CC)C(C)C. The fraction of sp³-hybridized carbons (Fsp3) is 1.00. The molecule has 0 aliphatic heterocycles. The Bertz CT molecular complexity index is 427. The molecule has 0 aromatic rings. The molecule has 0 rings (SSSR count). The van der Waals surface area contributed by atoms with E-state index in [0.717, 1.165) is 35.8 Å². The molecule has 3 heteroatoms. The van der Waals surface area contributed by atoms with Crippen molar-refractivity contribution in [3.05, 3.63) is 0 Å². The van der Waals surface area contributed by atoms with Gasteiger partial charge >= 0.3 is 0 Å². The van der Waals surface area contributed by atoms with Crippen molar-refractivity contribution in [1.82, 2.24) is 0 Å². The summed E-state index contributed by atoms with van der Waals surface area (Å²) in [6.45, 7) is 20.4. The minimum absolute atomic E-state index is 0.181. The van der Waals surface area contributed by atoms with E-state index >= 15 is 0 Å². The van der Waals surface area contributed by atoms with E-state index in [0.29, 0.717) is 0 Å². The first kappa shape index (κ1) is 32.3. The molecule has 6 unspecified atom stereocenters. The minimum atomic E-state index is -1.88. The molecule has 2 nitrogen and oxygen atoms in total. The zero-order valence-corrected chi connectivity index (χ0v) is 24.4. The molecule has 0 radical (unpaired) electrons. The van der Waals surface area contributed by atoms with E-state index in [1.165, 1.54) is 77.0 Å². The molecule has 0 fully saturated rings. The van der Waals surface area contributed by atoms with Gasteiger partial charge in [0.2, 0.25) is 0 Å². The first-order chi connectivity index (χ1) is 15.1. The molecule has 0 aliphatic rings. The van der Waals surface area contributed by atoms with Gasteiger partial charge < -0.3 is 0 Å². The molecule has 0 amide bonds. The first-order valence-electron chi connectivity index (χ1n) is 14.3. The Morgan fingerprint density at radius 2 is 1.12 bits per heavy atom. The van der Waals surface area contributed by atoms with Gasteiger partial charge in [-0.05, 0) is 70.6 Å². The van der Waals surface area contributed by atoms with E-state index < -0.39 is 10.6 Å². The highest BCUT2D eigenvalue weighted by atomic mass is 32.3. The third-order valence-corrected chi connectivity index (χ3v) is 10.7. The molecule has 1 N–H and O–H groups in total. The Kier molecular flexibility index (Phi) is 18.7. The normalized spacial score (nSPS) is 19.8. The van der Waals surface area contributed by atoms with Crippen molar-refractivity contribution < 1.29 is 8.74 Å². The van der Waals surface area contributed by atoms with Crippen molar-refractivity contribution in [3.8, 4) is 0 Å². The maximum Gasteiger partial charge on any atom is 0.0794 e. The fourth-order valence-corrected chi connectivity index (χ4v) is 6.69. The maximum absolute atomic E-state index is 10.6. The summed E-state index contributed by atoms with van der Waals surface area (Å²) in [6.07, 6.45) is 17.7. The lowest BCUT2D eigenvalue weighted by Gasteiger charge is -2.43. The van der Waals surface area contributed by atoms with Gasteiger partial charge in [0.05, 0.1) is 6.10 Å². The van der Waals surface area contributed by atoms with Crippen molar-refractivity contribution in [2.24, 2.45) is 23.7 Å². The number of hydrogen-bond acceptors (Lipinski definition) is 2. The second kappa shape index (κ2) is 18.6. The largest absolute Gasteiger partial charge is 0.299 e. The van der Waals surface area contributed by atoms with Crippen molar-refractivity contribution in [2.75, 3.05) is 5.75 Å². The highest BCUT2D eigenvalue weighted by Crippen LogP contribution is 2.50. The lowest BCUT2D eigenvalue weighted by molar-refractivity contribution is 0.208. The van der Waals surface area contributed by atoms with Gasteiger partial charge in [0.25, 0.3) is 0 Å². The van der Waals surface area contributed by atoms with Gasteiger partial charge in [-0.25, -0.2) is 0 Å². The predicted octanol–water partition coefficient (Wildman–Crippen LogP) is 10.6. The van der Waals surface area contributed by atoms with Gasteiger partial charge in [-0.1, -0.05) is 98.8 Å². The van der Waals surface area contributed by atoms with Gasteiger partial charge in [0, 0.05) is 11.0 Å². The van der Waals surface area contributed by atoms with E-state index in [2.05, 4.69) is 55.4 Å². The summed E-state index contributed by atoms with van der Waals surface area (Å²) in [5.74, 6) is 4.26. The van der Waals surface area contributed by atoms with Gasteiger partial charge in [-0.3, -0.25) is 8.74 Å². The molecular weight excluding hydrogens is 412 g/mol. The van der Waals surface area contributed by atoms with Crippen LogP contribution >= 0.6 is 10.6 Å². The first-order valence-corrected chi connectivity index (χ1v) is 16.0. The second-order valence-electron chi connectivity index (χ2n) is 11.4. The molecule has 0 heterocycles. The quantitative estimate of drug-likeness (QED) is 0.168. The van der Waals surface area contributed by atoms with Crippen LogP contribution in [-0.2, 0) is 4.18 Å². The molecule has 0 bridgehead atoms. The van der Waals surface area contributed by atoms with Crippen LogP contribution in [0.3, 0.4) is 0 Å². The maximum atomic E-state index is 10.6. The standard InChI is InChI=1S/C29H62O2S/c1-10-27(7)28(8)23-26(6)22-25(5)20-18-16-14-12-13-15-17-19-21-29(9)31-32(30,11-2)24(3)4/h24-30H,10-23H2,1-9H3. The van der Waals surface area contributed by atoms with E-state index in [4.69, 9.17) is 4.18 Å². The second-order valence-corrected chi connectivity index (χ2v) is 14.5. The fourth-order valence-electron chi connectivity index (χ4n) is 5.00. The van der Waals surface area contributed by atoms with Crippen LogP contribution in [0.2, 0.25) is 0 Å². The Morgan fingerprint density at radius 3 is 1.59 bits per heavy atom. The average molecular weight is 475 g/mol. The van der Waals surface area contributed by atoms with Gasteiger partial charge in [0.1, 0.15) is 0 Å². The van der Waals surface area contributed by atoms with Crippen LogP contribution < -0.4 is 0 Å². The lowest BCUT2D eigenvalue weighted by atomic mass is 9.82. The Morgan fingerprint density at radius 1 is 0.625 bits per heavy atom. The summed E-state index contributed by atoms with van der Waals surface area (Å²) in [5.41, 5.74) is 0. The highest BCUT2D eigenvalue weighted by molar-refractivity contribution is 8.25. The highest BCUT2D eigenvalue weighted by Gasteiger charge is 2.22. The number of unbranched alkanes of at least 4 members (excludes halogenated alkanes) is 7. The van der Waals surface area contributed by atoms with Crippen molar-refractivity contribution in [1.29, 1.82) is 0 Å². The average Bonchev–Trinajstić information content (AvgIpc) is 2.73. The smallest absolute Gasteiger partial charge is 0.0794 e. The van der Waals surface area contributed by atoms with E-state index in [1.807, 2.05) is 6.92 Å². The summed E-state index contributed by atoms with van der Waals surface area (Å²) in [6, 6.07) is 0. The number of hydrogen-bond donors (Lipinski definition) is 1. The molecule has 196 valence electrons. The summed E-state index contributed by atoms with van der Waals surface area (Å²) < 4.78 is 16.6.